The van der Waals surface area contributed by atoms with E-state index in [-0.39, 0.29) is 0 Å². The minimum Gasteiger partial charge on any atom is -0.497 e. The molecule has 84 valence electrons. The van der Waals surface area contributed by atoms with E-state index < -0.39 is 0 Å². The van der Waals surface area contributed by atoms with Crippen molar-refractivity contribution in [2.24, 2.45) is 0 Å². The fourth-order valence-corrected chi connectivity index (χ4v) is 2.20. The second-order valence-corrected chi connectivity index (χ2v) is 4.14. The summed E-state index contributed by atoms with van der Waals surface area (Å²) in [6, 6.07) is 14.2. The summed E-state index contributed by atoms with van der Waals surface area (Å²) in [6.07, 6.45) is 0. The average molecular weight is 223 g/mol. The summed E-state index contributed by atoms with van der Waals surface area (Å²) in [5.74, 6) is 0.873. The van der Waals surface area contributed by atoms with Crippen LogP contribution in [0.25, 0.3) is 21.8 Å². The average Bonchev–Trinajstić information content (AvgIpc) is 2.39. The van der Waals surface area contributed by atoms with Gasteiger partial charge in [0.25, 0.3) is 0 Å². The Labute approximate surface area is 99.9 Å². The highest BCUT2D eigenvalue weighted by molar-refractivity contribution is 5.97. The van der Waals surface area contributed by atoms with Crippen LogP contribution in [0.3, 0.4) is 0 Å². The van der Waals surface area contributed by atoms with E-state index in [0.717, 1.165) is 22.2 Å². The number of rotatable bonds is 1. The van der Waals surface area contributed by atoms with Crippen molar-refractivity contribution < 1.29 is 4.74 Å². The van der Waals surface area contributed by atoms with Crippen molar-refractivity contribution in [3.05, 3.63) is 48.0 Å². The second kappa shape index (κ2) is 3.74. The molecular weight excluding hydrogens is 210 g/mol. The highest BCUT2D eigenvalue weighted by atomic mass is 16.5. The predicted molar refractivity (Wildman–Crippen MR) is 70.5 cm³/mol. The number of benzene rings is 2. The Morgan fingerprint density at radius 1 is 0.941 bits per heavy atom. The summed E-state index contributed by atoms with van der Waals surface area (Å²) >= 11 is 0. The van der Waals surface area contributed by atoms with Crippen molar-refractivity contribution in [2.75, 3.05) is 7.11 Å². The molecule has 1 heterocycles. The predicted octanol–water partition coefficient (Wildman–Crippen LogP) is 3.71. The van der Waals surface area contributed by atoms with Crippen LogP contribution in [0.1, 0.15) is 5.56 Å². The van der Waals surface area contributed by atoms with Crippen molar-refractivity contribution in [1.82, 2.24) is 4.98 Å². The van der Waals surface area contributed by atoms with Crippen LogP contribution in [-0.2, 0) is 0 Å². The van der Waals surface area contributed by atoms with Gasteiger partial charge in [0.1, 0.15) is 5.75 Å². The van der Waals surface area contributed by atoms with Crippen LogP contribution < -0.4 is 4.74 Å². The number of pyridine rings is 1. The third-order valence-electron chi connectivity index (χ3n) is 3.16. The fourth-order valence-electron chi connectivity index (χ4n) is 2.20. The molecule has 0 aliphatic heterocycles. The molecule has 2 aromatic carbocycles. The van der Waals surface area contributed by atoms with Crippen LogP contribution in [0, 0.1) is 6.92 Å². The van der Waals surface area contributed by atoms with E-state index in [9.17, 15) is 0 Å². The van der Waals surface area contributed by atoms with Gasteiger partial charge in [0.2, 0.25) is 0 Å². The Morgan fingerprint density at radius 2 is 1.71 bits per heavy atom. The molecule has 0 saturated carbocycles. The zero-order chi connectivity index (χ0) is 11.8. The van der Waals surface area contributed by atoms with Gasteiger partial charge in [-0.2, -0.15) is 0 Å². The summed E-state index contributed by atoms with van der Waals surface area (Å²) in [5, 5.41) is 2.36. The molecular formula is C15H13NO. The molecule has 0 saturated heterocycles. The summed E-state index contributed by atoms with van der Waals surface area (Å²) in [7, 11) is 1.69. The minimum absolute atomic E-state index is 0.873. The molecule has 0 radical (unpaired) electrons. The zero-order valence-corrected chi connectivity index (χ0v) is 9.90. The summed E-state index contributed by atoms with van der Waals surface area (Å²) < 4.78 is 5.26. The van der Waals surface area contributed by atoms with Gasteiger partial charge in [-0.3, -0.25) is 0 Å². The quantitative estimate of drug-likeness (QED) is 0.587. The second-order valence-electron chi connectivity index (χ2n) is 4.14. The smallest absolute Gasteiger partial charge is 0.119 e. The van der Waals surface area contributed by atoms with Crippen LogP contribution >= 0.6 is 0 Å². The van der Waals surface area contributed by atoms with Crippen LogP contribution in [0.5, 0.6) is 5.75 Å². The van der Waals surface area contributed by atoms with Gasteiger partial charge in [0.05, 0.1) is 18.1 Å². The summed E-state index contributed by atoms with van der Waals surface area (Å²) in [4.78, 5) is 4.66. The van der Waals surface area contributed by atoms with Crippen LogP contribution in [0.15, 0.2) is 42.5 Å². The Morgan fingerprint density at radius 3 is 2.53 bits per heavy atom. The van der Waals surface area contributed by atoms with Gasteiger partial charge >= 0.3 is 0 Å². The van der Waals surface area contributed by atoms with Crippen molar-refractivity contribution in [3.63, 3.8) is 0 Å². The maximum absolute atomic E-state index is 5.26. The topological polar surface area (TPSA) is 22.1 Å². The van der Waals surface area contributed by atoms with Crippen molar-refractivity contribution in [3.8, 4) is 5.75 Å². The normalized spacial score (nSPS) is 10.9. The van der Waals surface area contributed by atoms with Gasteiger partial charge in [0, 0.05) is 10.8 Å². The minimum atomic E-state index is 0.873. The lowest BCUT2D eigenvalue weighted by atomic mass is 10.0. The Balaban J connectivity index is 2.46. The Hall–Kier alpha value is -2.09. The van der Waals surface area contributed by atoms with Crippen LogP contribution in [-0.4, -0.2) is 12.1 Å². The molecule has 17 heavy (non-hydrogen) atoms. The molecule has 0 atom stereocenters. The van der Waals surface area contributed by atoms with E-state index in [1.54, 1.807) is 7.11 Å². The molecule has 0 aliphatic carbocycles. The molecule has 0 fully saturated rings. The molecule has 0 bridgehead atoms. The summed E-state index contributed by atoms with van der Waals surface area (Å²) in [5.41, 5.74) is 3.31. The first-order chi connectivity index (χ1) is 8.29. The number of aryl methyl sites for hydroxylation is 1. The van der Waals surface area contributed by atoms with Gasteiger partial charge < -0.3 is 4.74 Å². The standard InChI is InChI=1S/C15H13NO/c1-10-12-5-3-4-6-14(12)16-15-8-7-11(17-2)9-13(10)15/h3-9H,1-2H3. The van der Waals surface area contributed by atoms with Gasteiger partial charge in [-0.25, -0.2) is 4.98 Å². The van der Waals surface area contributed by atoms with Crippen molar-refractivity contribution in [1.29, 1.82) is 0 Å². The molecule has 0 N–H and O–H groups in total. The van der Waals surface area contributed by atoms with Crippen molar-refractivity contribution >= 4 is 21.8 Å². The molecule has 0 spiro atoms. The molecule has 3 aromatic rings. The SMILES string of the molecule is COc1ccc2nc3ccccc3c(C)c2c1. The monoisotopic (exact) mass is 223 g/mol. The van der Waals surface area contributed by atoms with Crippen LogP contribution in [0.2, 0.25) is 0 Å². The highest BCUT2D eigenvalue weighted by Gasteiger charge is 2.05. The van der Waals surface area contributed by atoms with Gasteiger partial charge in [0.15, 0.2) is 0 Å². The number of fused-ring (bicyclic) bond motifs is 2. The molecule has 0 amide bonds. The van der Waals surface area contributed by atoms with E-state index in [4.69, 9.17) is 4.74 Å². The lowest BCUT2D eigenvalue weighted by Gasteiger charge is -2.08. The number of hydrogen-bond acceptors (Lipinski definition) is 2. The van der Waals surface area contributed by atoms with E-state index in [0.29, 0.717) is 0 Å². The number of ether oxygens (including phenoxy) is 1. The number of hydrogen-bond donors (Lipinski definition) is 0. The molecule has 2 nitrogen and oxygen atoms in total. The number of aromatic nitrogens is 1. The van der Waals surface area contributed by atoms with E-state index in [1.165, 1.54) is 10.9 Å². The van der Waals surface area contributed by atoms with E-state index in [2.05, 4.69) is 18.0 Å². The molecule has 3 rings (SSSR count). The first kappa shape index (κ1) is 10.1. The van der Waals surface area contributed by atoms with E-state index >= 15 is 0 Å². The van der Waals surface area contributed by atoms with Crippen molar-refractivity contribution in [2.45, 2.75) is 6.92 Å². The van der Waals surface area contributed by atoms with Gasteiger partial charge in [-0.05, 0) is 36.8 Å². The first-order valence-electron chi connectivity index (χ1n) is 5.62. The molecule has 0 unspecified atom stereocenters. The lowest BCUT2D eigenvalue weighted by Crippen LogP contribution is -1.89. The Bertz CT molecular complexity index is 704. The first-order valence-corrected chi connectivity index (χ1v) is 5.62. The number of methoxy groups -OCH3 is 1. The van der Waals surface area contributed by atoms with Gasteiger partial charge in [-0.1, -0.05) is 18.2 Å². The summed E-state index contributed by atoms with van der Waals surface area (Å²) in [6.45, 7) is 2.13. The number of para-hydroxylation sites is 1. The molecule has 2 heteroatoms. The van der Waals surface area contributed by atoms with E-state index in [1.807, 2.05) is 36.4 Å². The third kappa shape index (κ3) is 1.53. The fraction of sp³-hybridized carbons (Fsp3) is 0.133. The maximum atomic E-state index is 5.26. The lowest BCUT2D eigenvalue weighted by molar-refractivity contribution is 0.415. The highest BCUT2D eigenvalue weighted by Crippen LogP contribution is 2.27. The molecule has 1 aromatic heterocycles. The third-order valence-corrected chi connectivity index (χ3v) is 3.16. The maximum Gasteiger partial charge on any atom is 0.119 e. The largest absolute Gasteiger partial charge is 0.497 e. The van der Waals surface area contributed by atoms with Crippen LogP contribution in [0.4, 0.5) is 0 Å². The Kier molecular flexibility index (Phi) is 2.22. The zero-order valence-electron chi connectivity index (χ0n) is 9.90. The van der Waals surface area contributed by atoms with Gasteiger partial charge in [-0.15, -0.1) is 0 Å². The molecule has 0 aliphatic rings. The number of nitrogens with zero attached hydrogens (tertiary/aromatic N) is 1.